The van der Waals surface area contributed by atoms with Crippen LogP contribution in [0.3, 0.4) is 0 Å². The molecule has 12 nitrogen and oxygen atoms in total. The summed E-state index contributed by atoms with van der Waals surface area (Å²) in [6, 6.07) is 53.2. The van der Waals surface area contributed by atoms with Gasteiger partial charge in [0, 0.05) is 82.3 Å². The average molecular weight is 1040 g/mol. The van der Waals surface area contributed by atoms with Gasteiger partial charge in [-0.2, -0.15) is 0 Å². The summed E-state index contributed by atoms with van der Waals surface area (Å²) in [6.07, 6.45) is 4.18. The number of benzene rings is 6. The third-order valence-corrected chi connectivity index (χ3v) is 16.7. The molecule has 2 saturated heterocycles. The highest BCUT2D eigenvalue weighted by molar-refractivity contribution is 5.85. The fraction of sp³-hybridized carbons (Fsp3) is 0.250. The first kappa shape index (κ1) is 48.2. The van der Waals surface area contributed by atoms with Crippen molar-refractivity contribution in [3.8, 4) is 56.7 Å². The van der Waals surface area contributed by atoms with Crippen LogP contribution >= 0.6 is 0 Å². The van der Waals surface area contributed by atoms with Crippen LogP contribution in [0.5, 0.6) is 0 Å². The average Bonchev–Trinajstić information content (AvgIpc) is 4.12. The largest absolute Gasteiger partial charge is 0.378 e. The number of hydrogen-bond acceptors (Lipinski definition) is 10. The smallest absolute Gasteiger partial charge is 0.165 e. The number of anilines is 2. The molecule has 2 aliphatic carbocycles. The number of rotatable bonds is 11. The molecule has 14 rings (SSSR count). The van der Waals surface area contributed by atoms with E-state index < -0.39 is 5.54 Å². The lowest BCUT2D eigenvalue weighted by atomic mass is 9.62. The topological polar surface area (TPSA) is 138 Å². The minimum absolute atomic E-state index is 0.0697. The Kier molecular flexibility index (Phi) is 12.0. The van der Waals surface area contributed by atoms with Crippen molar-refractivity contribution in [1.82, 2.24) is 29.1 Å². The highest BCUT2D eigenvalue weighted by Gasteiger charge is 2.44. The zero-order chi connectivity index (χ0) is 52.5. The summed E-state index contributed by atoms with van der Waals surface area (Å²) < 4.78 is 45.9. The number of morpholine rings is 2. The Bertz CT molecular complexity index is 3890. The Balaban J connectivity index is 0.800. The number of pyridine rings is 2. The van der Waals surface area contributed by atoms with Crippen molar-refractivity contribution in [3.63, 3.8) is 0 Å². The van der Waals surface area contributed by atoms with E-state index in [2.05, 4.69) is 99.3 Å². The number of halogens is 2. The summed E-state index contributed by atoms with van der Waals surface area (Å²) in [5.41, 5.74) is 27.9. The molecule has 2 saturated carbocycles. The van der Waals surface area contributed by atoms with Gasteiger partial charge in [0.05, 0.1) is 37.8 Å². The highest BCUT2D eigenvalue weighted by Crippen LogP contribution is 2.52. The molecule has 4 N–H and O–H groups in total. The molecule has 390 valence electrons. The zero-order valence-electron chi connectivity index (χ0n) is 43.2. The maximum Gasteiger partial charge on any atom is 0.165 e. The molecule has 4 fully saturated rings. The Hall–Kier alpha value is -8.14. The summed E-state index contributed by atoms with van der Waals surface area (Å²) >= 11 is 0. The third-order valence-electron chi connectivity index (χ3n) is 16.7. The molecule has 6 heterocycles. The van der Waals surface area contributed by atoms with E-state index in [9.17, 15) is 4.39 Å². The molecule has 0 unspecified atom stereocenters. The van der Waals surface area contributed by atoms with Crippen molar-refractivity contribution in [1.29, 1.82) is 0 Å². The van der Waals surface area contributed by atoms with Gasteiger partial charge in [0.1, 0.15) is 34.3 Å². The van der Waals surface area contributed by atoms with Crippen molar-refractivity contribution in [2.75, 3.05) is 62.4 Å². The van der Waals surface area contributed by atoms with Crippen LogP contribution in [-0.2, 0) is 20.6 Å². The Morgan fingerprint density at radius 1 is 0.462 bits per heavy atom. The SMILES string of the molecule is NC1(c2ccc(-n3c(-c4ccc(F)cc4C4CC(N)(c5ccc(-n6c(-c7cccc(F)c7)nc7ccc(-c8cccc(N9CCOCC9)c8)nc76)cc5)C4)nc4ccc(-c5cccc(N6CCOCC6)c5)nc43)cc2)CCC1. The van der Waals surface area contributed by atoms with Gasteiger partial charge in [-0.1, -0.05) is 60.7 Å². The molecular weight excluding hydrogens is 979 g/mol. The fourth-order valence-electron chi connectivity index (χ4n) is 12.2. The van der Waals surface area contributed by atoms with Crippen LogP contribution in [0.1, 0.15) is 54.7 Å². The first-order valence-corrected chi connectivity index (χ1v) is 27.1. The zero-order valence-corrected chi connectivity index (χ0v) is 43.2. The molecule has 2 aliphatic heterocycles. The Morgan fingerprint density at radius 2 is 0.962 bits per heavy atom. The van der Waals surface area contributed by atoms with Gasteiger partial charge in [-0.05, 0) is 158 Å². The van der Waals surface area contributed by atoms with E-state index in [0.29, 0.717) is 73.3 Å². The second kappa shape index (κ2) is 19.4. The Labute approximate surface area is 450 Å². The predicted octanol–water partition coefficient (Wildman–Crippen LogP) is 11.8. The van der Waals surface area contributed by atoms with Crippen LogP contribution in [0.25, 0.3) is 79.0 Å². The van der Waals surface area contributed by atoms with Crippen molar-refractivity contribution in [3.05, 3.63) is 192 Å². The van der Waals surface area contributed by atoms with E-state index in [1.54, 1.807) is 12.1 Å². The van der Waals surface area contributed by atoms with Gasteiger partial charge in [-0.15, -0.1) is 0 Å². The van der Waals surface area contributed by atoms with Crippen molar-refractivity contribution < 1.29 is 18.3 Å². The van der Waals surface area contributed by atoms with Gasteiger partial charge in [-0.3, -0.25) is 9.13 Å². The van der Waals surface area contributed by atoms with Crippen LogP contribution < -0.4 is 21.3 Å². The molecule has 0 spiro atoms. The molecule has 78 heavy (non-hydrogen) atoms. The van der Waals surface area contributed by atoms with Crippen LogP contribution in [0.2, 0.25) is 0 Å². The van der Waals surface area contributed by atoms with Gasteiger partial charge in [-0.25, -0.2) is 28.7 Å². The van der Waals surface area contributed by atoms with E-state index >= 15 is 4.39 Å². The number of aromatic nitrogens is 6. The molecule has 4 aliphatic rings. The number of hydrogen-bond donors (Lipinski definition) is 2. The number of ether oxygens (including phenoxy) is 2. The van der Waals surface area contributed by atoms with Gasteiger partial charge in [0.25, 0.3) is 0 Å². The monoisotopic (exact) mass is 1040 g/mol. The fourth-order valence-corrected chi connectivity index (χ4v) is 12.2. The number of nitrogens with two attached hydrogens (primary N) is 2. The summed E-state index contributed by atoms with van der Waals surface area (Å²) in [5.74, 6) is 0.500. The second-order valence-corrected chi connectivity index (χ2v) is 21.5. The van der Waals surface area contributed by atoms with Crippen LogP contribution in [0.4, 0.5) is 20.2 Å². The number of fused-ring (bicyclic) bond motifs is 2. The van der Waals surface area contributed by atoms with Gasteiger partial charge < -0.3 is 30.7 Å². The number of imidazole rings is 2. The van der Waals surface area contributed by atoms with Gasteiger partial charge >= 0.3 is 0 Å². The first-order valence-electron chi connectivity index (χ1n) is 27.1. The van der Waals surface area contributed by atoms with Crippen molar-refractivity contribution in [2.24, 2.45) is 11.5 Å². The third kappa shape index (κ3) is 8.69. The normalized spacial score (nSPS) is 19.3. The summed E-state index contributed by atoms with van der Waals surface area (Å²) in [4.78, 5) is 25.6. The van der Waals surface area contributed by atoms with Crippen LogP contribution in [0.15, 0.2) is 164 Å². The van der Waals surface area contributed by atoms with E-state index in [-0.39, 0.29) is 23.1 Å². The van der Waals surface area contributed by atoms with E-state index in [1.165, 1.54) is 18.2 Å². The molecule has 0 bridgehead atoms. The molecule has 14 heteroatoms. The second-order valence-electron chi connectivity index (χ2n) is 21.5. The number of nitrogens with zero attached hydrogens (tertiary/aromatic N) is 8. The molecule has 10 aromatic rings. The van der Waals surface area contributed by atoms with Crippen molar-refractivity contribution in [2.45, 2.75) is 49.1 Å². The molecule has 0 atom stereocenters. The molecule has 4 aromatic heterocycles. The first-order chi connectivity index (χ1) is 38.1. The minimum atomic E-state index is -0.700. The van der Waals surface area contributed by atoms with Crippen LogP contribution in [-0.4, -0.2) is 81.7 Å². The highest BCUT2D eigenvalue weighted by atomic mass is 19.1. The lowest BCUT2D eigenvalue weighted by Gasteiger charge is -2.46. The molecule has 0 amide bonds. The quantitative estimate of drug-likeness (QED) is 0.129. The standard InChI is InChI=1S/C64H58F2N10O2/c65-47-8-1-7-43(35-47)59-71-57-23-21-55(41-5-2-9-51(36-41)73-27-31-77-32-28-73)69-61(57)75(59)49-18-13-46(14-19-49)64(68)39-44(40-64)54-38-48(66)15-20-53(54)60-72-58-24-22-56(42-6-3-10-52(37-42)74-29-33-78-34-30-74)70-62(58)76(60)50-16-11-45(12-17-50)63(67)25-4-26-63/h1-3,5-24,35-38,44H,4,25-34,39-40,67-68H2. The lowest BCUT2D eigenvalue weighted by molar-refractivity contribution is 0.122. The lowest BCUT2D eigenvalue weighted by Crippen LogP contribution is -2.48. The molecule has 0 radical (unpaired) electrons. The maximum atomic E-state index is 15.7. The molecule has 6 aromatic carbocycles. The van der Waals surface area contributed by atoms with E-state index in [0.717, 1.165) is 118 Å². The summed E-state index contributed by atoms with van der Waals surface area (Å²) in [5, 5.41) is 0. The van der Waals surface area contributed by atoms with Gasteiger partial charge in [0.15, 0.2) is 11.3 Å². The predicted molar refractivity (Wildman–Crippen MR) is 303 cm³/mol. The van der Waals surface area contributed by atoms with E-state index in [1.807, 2.05) is 53.1 Å². The van der Waals surface area contributed by atoms with Crippen molar-refractivity contribution >= 4 is 33.7 Å². The summed E-state index contributed by atoms with van der Waals surface area (Å²) in [6.45, 7) is 6.11. The van der Waals surface area contributed by atoms with Crippen LogP contribution in [0, 0.1) is 11.6 Å². The molecular formula is C64H58F2N10O2. The van der Waals surface area contributed by atoms with E-state index in [4.69, 9.17) is 40.9 Å². The summed E-state index contributed by atoms with van der Waals surface area (Å²) in [7, 11) is 0. The Morgan fingerprint density at radius 3 is 1.50 bits per heavy atom. The minimum Gasteiger partial charge on any atom is -0.378 e. The maximum absolute atomic E-state index is 15.7. The van der Waals surface area contributed by atoms with Gasteiger partial charge in [0.2, 0.25) is 0 Å².